The first kappa shape index (κ1) is 18.5. The Kier molecular flexibility index (Phi) is 5.67. The summed E-state index contributed by atoms with van der Waals surface area (Å²) in [4.78, 5) is 11.6. The number of fused-ring (bicyclic) bond motifs is 1. The summed E-state index contributed by atoms with van der Waals surface area (Å²) in [6.07, 6.45) is 0.131. The molecule has 26 heavy (non-hydrogen) atoms. The molecule has 1 aromatic heterocycles. The number of carbonyl (C=O) groups is 1. The molecule has 0 amide bonds. The lowest BCUT2D eigenvalue weighted by Crippen LogP contribution is -2.04. The van der Waals surface area contributed by atoms with Crippen LogP contribution in [0.4, 0.5) is 0 Å². The molecule has 0 aliphatic heterocycles. The summed E-state index contributed by atoms with van der Waals surface area (Å²) >= 11 is 13.5. The number of hydrogen-bond acceptors (Lipinski definition) is 5. The van der Waals surface area contributed by atoms with Gasteiger partial charge >= 0.3 is 5.97 Å². The fourth-order valence-corrected chi connectivity index (χ4v) is 4.01. The van der Waals surface area contributed by atoms with Crippen LogP contribution in [0.3, 0.4) is 0 Å². The van der Waals surface area contributed by atoms with Crippen molar-refractivity contribution in [1.82, 2.24) is 0 Å². The second-order valence-corrected chi connectivity index (χ2v) is 7.25. The number of rotatable bonds is 5. The fourth-order valence-electron chi connectivity index (χ4n) is 2.54. The SMILES string of the molecule is COC(=O)Cc1csc2cc(OCc3ccc(Cl)cc3Cl)cc(C#N)c12. The fraction of sp³-hybridized carbons (Fsp3) is 0.158. The Hall–Kier alpha value is -2.26. The van der Waals surface area contributed by atoms with E-state index in [0.717, 1.165) is 21.2 Å². The Morgan fingerprint density at radius 3 is 2.73 bits per heavy atom. The van der Waals surface area contributed by atoms with Crippen molar-refractivity contribution >= 4 is 50.6 Å². The first-order valence-electron chi connectivity index (χ1n) is 7.59. The molecule has 0 unspecified atom stereocenters. The molecule has 0 aliphatic rings. The van der Waals surface area contributed by atoms with Crippen molar-refractivity contribution in [3.8, 4) is 11.8 Å². The molecule has 0 aliphatic carbocycles. The van der Waals surface area contributed by atoms with Crippen LogP contribution in [0.15, 0.2) is 35.7 Å². The summed E-state index contributed by atoms with van der Waals surface area (Å²) in [6.45, 7) is 0.257. The highest BCUT2D eigenvalue weighted by molar-refractivity contribution is 7.17. The summed E-state index contributed by atoms with van der Waals surface area (Å²) in [5, 5.41) is 13.2. The Morgan fingerprint density at radius 1 is 1.23 bits per heavy atom. The van der Waals surface area contributed by atoms with E-state index >= 15 is 0 Å². The molecule has 0 saturated carbocycles. The lowest BCUT2D eigenvalue weighted by atomic mass is 10.0. The van der Waals surface area contributed by atoms with E-state index in [1.807, 2.05) is 11.4 Å². The Morgan fingerprint density at radius 2 is 2.04 bits per heavy atom. The van der Waals surface area contributed by atoms with Gasteiger partial charge < -0.3 is 9.47 Å². The van der Waals surface area contributed by atoms with Crippen LogP contribution < -0.4 is 4.74 Å². The maximum atomic E-state index is 11.6. The van der Waals surface area contributed by atoms with Crippen molar-refractivity contribution in [1.29, 1.82) is 5.26 Å². The lowest BCUT2D eigenvalue weighted by molar-refractivity contribution is -0.139. The number of halogens is 2. The number of methoxy groups -OCH3 is 1. The first-order valence-corrected chi connectivity index (χ1v) is 9.23. The summed E-state index contributed by atoms with van der Waals surface area (Å²) in [6, 6.07) is 10.9. The maximum Gasteiger partial charge on any atom is 0.310 e. The van der Waals surface area contributed by atoms with E-state index in [2.05, 4.69) is 6.07 Å². The number of hydrogen-bond donors (Lipinski definition) is 0. The molecule has 0 spiro atoms. The molecule has 0 N–H and O–H groups in total. The van der Waals surface area contributed by atoms with Gasteiger partial charge in [0.1, 0.15) is 12.4 Å². The van der Waals surface area contributed by atoms with Crippen LogP contribution in [0.2, 0.25) is 10.0 Å². The van der Waals surface area contributed by atoms with E-state index in [0.29, 0.717) is 21.4 Å². The van der Waals surface area contributed by atoms with Crippen molar-refractivity contribution in [2.45, 2.75) is 13.0 Å². The van der Waals surface area contributed by atoms with Crippen LogP contribution in [-0.4, -0.2) is 13.1 Å². The highest BCUT2D eigenvalue weighted by atomic mass is 35.5. The molecule has 0 bridgehead atoms. The molecular weight excluding hydrogens is 393 g/mol. The second-order valence-electron chi connectivity index (χ2n) is 5.49. The Labute approximate surface area is 164 Å². The van der Waals surface area contributed by atoms with E-state index in [1.54, 1.807) is 24.3 Å². The van der Waals surface area contributed by atoms with E-state index < -0.39 is 0 Å². The molecule has 4 nitrogen and oxygen atoms in total. The number of benzene rings is 2. The number of esters is 1. The Bertz CT molecular complexity index is 1020. The molecule has 0 radical (unpaired) electrons. The van der Waals surface area contributed by atoms with Crippen LogP contribution in [0, 0.1) is 11.3 Å². The van der Waals surface area contributed by atoms with Crippen molar-refractivity contribution in [2.24, 2.45) is 0 Å². The normalized spacial score (nSPS) is 10.5. The van der Waals surface area contributed by atoms with Gasteiger partial charge in [0.05, 0.1) is 25.2 Å². The van der Waals surface area contributed by atoms with Crippen molar-refractivity contribution in [3.05, 3.63) is 62.4 Å². The van der Waals surface area contributed by atoms with E-state index in [1.165, 1.54) is 18.4 Å². The average Bonchev–Trinajstić information content (AvgIpc) is 3.03. The monoisotopic (exact) mass is 405 g/mol. The summed E-state index contributed by atoms with van der Waals surface area (Å²) < 4.78 is 11.4. The van der Waals surface area contributed by atoms with Crippen LogP contribution in [-0.2, 0) is 22.6 Å². The number of nitrogens with zero attached hydrogens (tertiary/aromatic N) is 1. The van der Waals surface area contributed by atoms with Crippen LogP contribution in [0.25, 0.3) is 10.1 Å². The molecule has 7 heteroatoms. The Balaban J connectivity index is 1.88. The summed E-state index contributed by atoms with van der Waals surface area (Å²) in [7, 11) is 1.34. The second kappa shape index (κ2) is 7.96. The molecule has 1 heterocycles. The summed E-state index contributed by atoms with van der Waals surface area (Å²) in [5.41, 5.74) is 2.03. The zero-order valence-electron chi connectivity index (χ0n) is 13.7. The van der Waals surface area contributed by atoms with Gasteiger partial charge in [0.2, 0.25) is 0 Å². The highest BCUT2D eigenvalue weighted by Crippen LogP contribution is 2.34. The minimum atomic E-state index is -0.341. The molecule has 0 saturated heterocycles. The molecule has 3 rings (SSSR count). The topological polar surface area (TPSA) is 59.3 Å². The van der Waals surface area contributed by atoms with Gasteiger partial charge in [-0.25, -0.2) is 0 Å². The third-order valence-corrected chi connectivity index (χ3v) is 5.38. The third kappa shape index (κ3) is 3.94. The van der Waals surface area contributed by atoms with Crippen LogP contribution in [0.1, 0.15) is 16.7 Å². The van der Waals surface area contributed by atoms with Crippen molar-refractivity contribution in [2.75, 3.05) is 7.11 Å². The molecule has 2 aromatic carbocycles. The smallest absolute Gasteiger partial charge is 0.310 e. The maximum absolute atomic E-state index is 11.6. The average molecular weight is 406 g/mol. The quantitative estimate of drug-likeness (QED) is 0.534. The first-order chi connectivity index (χ1) is 12.5. The predicted octanol–water partition coefficient (Wildman–Crippen LogP) is 5.37. The van der Waals surface area contributed by atoms with E-state index in [-0.39, 0.29) is 19.0 Å². The van der Waals surface area contributed by atoms with Crippen LogP contribution in [0.5, 0.6) is 5.75 Å². The third-order valence-electron chi connectivity index (χ3n) is 3.82. The zero-order valence-corrected chi connectivity index (χ0v) is 16.0. The van der Waals surface area contributed by atoms with Crippen molar-refractivity contribution in [3.63, 3.8) is 0 Å². The molecule has 3 aromatic rings. The van der Waals surface area contributed by atoms with Crippen molar-refractivity contribution < 1.29 is 14.3 Å². The highest BCUT2D eigenvalue weighted by Gasteiger charge is 2.15. The van der Waals surface area contributed by atoms with Gasteiger partial charge in [-0.1, -0.05) is 29.3 Å². The zero-order chi connectivity index (χ0) is 18.7. The minimum Gasteiger partial charge on any atom is -0.489 e. The molecule has 0 fully saturated rings. The number of carbonyl (C=O) groups excluding carboxylic acids is 1. The number of ether oxygens (including phenoxy) is 2. The summed E-state index contributed by atoms with van der Waals surface area (Å²) in [5.74, 6) is 0.220. The van der Waals surface area contributed by atoms with Gasteiger partial charge in [0, 0.05) is 25.7 Å². The van der Waals surface area contributed by atoms with Gasteiger partial charge in [-0.3, -0.25) is 4.79 Å². The number of nitriles is 1. The lowest BCUT2D eigenvalue weighted by Gasteiger charge is -2.09. The van der Waals surface area contributed by atoms with Gasteiger partial charge in [0.15, 0.2) is 0 Å². The van der Waals surface area contributed by atoms with Gasteiger partial charge in [-0.15, -0.1) is 11.3 Å². The van der Waals surface area contributed by atoms with Gasteiger partial charge in [-0.05, 0) is 35.2 Å². The predicted molar refractivity (Wildman–Crippen MR) is 103 cm³/mol. The molecular formula is C19H13Cl2NO3S. The number of thiophene rings is 1. The standard InChI is InChI=1S/C19H13Cl2NO3S/c1-24-18(23)5-13-10-26-17-7-15(4-12(8-22)19(13)17)25-9-11-2-3-14(20)6-16(11)21/h2-4,6-7,10H,5,9H2,1H3. The van der Waals surface area contributed by atoms with Gasteiger partial charge in [0.25, 0.3) is 0 Å². The molecule has 132 valence electrons. The van der Waals surface area contributed by atoms with E-state index in [4.69, 9.17) is 32.7 Å². The largest absolute Gasteiger partial charge is 0.489 e. The van der Waals surface area contributed by atoms with E-state index in [9.17, 15) is 10.1 Å². The van der Waals surface area contributed by atoms with Gasteiger partial charge in [-0.2, -0.15) is 5.26 Å². The minimum absolute atomic E-state index is 0.131. The molecule has 0 atom stereocenters. The van der Waals surface area contributed by atoms with Crippen LogP contribution >= 0.6 is 34.5 Å².